The molecular weight excluding hydrogens is 542 g/mol. The Kier molecular flexibility index (Phi) is 7.95. The van der Waals surface area contributed by atoms with Crippen LogP contribution in [-0.4, -0.2) is 51.1 Å². The van der Waals surface area contributed by atoms with E-state index in [1.807, 2.05) is 19.1 Å². The van der Waals surface area contributed by atoms with Crippen molar-refractivity contribution in [2.24, 2.45) is 11.7 Å². The summed E-state index contributed by atoms with van der Waals surface area (Å²) in [5, 5.41) is 2.94. The number of anilines is 1. The number of carbonyl (C=O) groups is 2. The molecule has 1 saturated heterocycles. The van der Waals surface area contributed by atoms with Crippen molar-refractivity contribution in [3.8, 4) is 11.5 Å². The first-order valence-corrected chi connectivity index (χ1v) is 15.2. The highest BCUT2D eigenvalue weighted by molar-refractivity contribution is 7.92. The third-order valence-corrected chi connectivity index (χ3v) is 10.3. The van der Waals surface area contributed by atoms with E-state index < -0.39 is 27.8 Å². The summed E-state index contributed by atoms with van der Waals surface area (Å²) in [6, 6.07) is 17.7. The number of nitrogens with one attached hydrogen (secondary N) is 1. The number of sulfone groups is 1. The molecule has 0 radical (unpaired) electrons. The van der Waals surface area contributed by atoms with Gasteiger partial charge in [0.1, 0.15) is 6.04 Å². The largest absolute Gasteiger partial charge is 0.493 e. The van der Waals surface area contributed by atoms with Gasteiger partial charge in [-0.2, -0.15) is 0 Å². The van der Waals surface area contributed by atoms with Gasteiger partial charge in [0, 0.05) is 17.8 Å². The predicted molar refractivity (Wildman–Crippen MR) is 156 cm³/mol. The highest BCUT2D eigenvalue weighted by Crippen LogP contribution is 2.44. The van der Waals surface area contributed by atoms with Gasteiger partial charge in [0.15, 0.2) is 21.3 Å². The van der Waals surface area contributed by atoms with Gasteiger partial charge in [0.2, 0.25) is 11.8 Å². The minimum atomic E-state index is -3.48. The molecule has 216 valence electrons. The number of ether oxygens (including phenoxy) is 2. The van der Waals surface area contributed by atoms with Gasteiger partial charge in [-0.25, -0.2) is 8.42 Å². The van der Waals surface area contributed by atoms with E-state index in [1.54, 1.807) is 59.5 Å². The van der Waals surface area contributed by atoms with Crippen LogP contribution in [0.1, 0.15) is 59.8 Å². The number of nitrogens with two attached hydrogens (primary N) is 1. The lowest BCUT2D eigenvalue weighted by molar-refractivity contribution is -0.133. The van der Waals surface area contributed by atoms with Crippen molar-refractivity contribution in [2.75, 3.05) is 26.1 Å². The van der Waals surface area contributed by atoms with E-state index in [0.717, 1.165) is 6.42 Å². The Labute approximate surface area is 240 Å². The first-order chi connectivity index (χ1) is 19.6. The summed E-state index contributed by atoms with van der Waals surface area (Å²) in [6.45, 7) is 2.52. The van der Waals surface area contributed by atoms with E-state index in [2.05, 4.69) is 5.32 Å². The molecule has 2 fully saturated rings. The van der Waals surface area contributed by atoms with E-state index in [0.29, 0.717) is 58.2 Å². The lowest BCUT2D eigenvalue weighted by Gasteiger charge is -2.33. The number of hydrogen-bond acceptors (Lipinski definition) is 7. The molecule has 0 aromatic heterocycles. The SMILES string of the molecule is COc1ccc(C(Nc2cccc(C(N)=O)c2)C(=O)N2CC[C@H](C)[C@@H]2c2ccccc2S(=O)(=O)C2CC2)cc1OC. The molecule has 41 heavy (non-hydrogen) atoms. The van der Waals surface area contributed by atoms with Crippen molar-refractivity contribution in [1.82, 2.24) is 4.90 Å². The maximum Gasteiger partial charge on any atom is 0.250 e. The summed E-state index contributed by atoms with van der Waals surface area (Å²) < 4.78 is 37.7. The number of carbonyl (C=O) groups excluding carboxylic acids is 2. The lowest BCUT2D eigenvalue weighted by atomic mass is 9.94. The molecule has 3 N–H and O–H groups in total. The smallest absolute Gasteiger partial charge is 0.250 e. The van der Waals surface area contributed by atoms with Crippen molar-refractivity contribution in [3.63, 3.8) is 0 Å². The standard InChI is InChI=1S/C31H35N3O6S/c1-19-15-16-34(29(19)24-9-4-5-10-27(24)41(37,38)23-12-13-23)31(36)28(20-11-14-25(39-2)26(18-20)40-3)33-22-8-6-7-21(17-22)30(32)35/h4-11,14,17-19,23,28-29,33H,12-13,15-16H2,1-3H3,(H2,32,35)/t19-,28?,29+/m0/s1. The summed E-state index contributed by atoms with van der Waals surface area (Å²) in [5.74, 6) is 0.214. The van der Waals surface area contributed by atoms with E-state index in [-0.39, 0.29) is 17.1 Å². The van der Waals surface area contributed by atoms with E-state index in [4.69, 9.17) is 15.2 Å². The summed E-state index contributed by atoms with van der Waals surface area (Å²) in [7, 11) is -0.421. The second-order valence-electron chi connectivity index (χ2n) is 10.7. The Balaban J connectivity index is 1.57. The van der Waals surface area contributed by atoms with Gasteiger partial charge in [0.05, 0.1) is 30.4 Å². The number of hydrogen-bond donors (Lipinski definition) is 2. The fraction of sp³-hybridized carbons (Fsp3) is 0.355. The first-order valence-electron chi connectivity index (χ1n) is 13.7. The number of amides is 2. The third kappa shape index (κ3) is 5.61. The van der Waals surface area contributed by atoms with Crippen LogP contribution in [-0.2, 0) is 14.6 Å². The quantitative estimate of drug-likeness (QED) is 0.363. The third-order valence-electron chi connectivity index (χ3n) is 7.94. The van der Waals surface area contributed by atoms with Gasteiger partial charge in [-0.1, -0.05) is 37.3 Å². The number of primary amides is 1. The summed E-state index contributed by atoms with van der Waals surface area (Å²) in [6.07, 6.45) is 2.05. The van der Waals surface area contributed by atoms with Crippen LogP contribution in [0.15, 0.2) is 71.6 Å². The second kappa shape index (κ2) is 11.4. The molecule has 3 atom stereocenters. The molecule has 3 aromatic carbocycles. The Morgan fingerprint density at radius 2 is 1.68 bits per heavy atom. The van der Waals surface area contributed by atoms with Gasteiger partial charge in [-0.3, -0.25) is 9.59 Å². The number of likely N-dealkylation sites (tertiary alicyclic amines) is 1. The van der Waals surface area contributed by atoms with Gasteiger partial charge in [-0.15, -0.1) is 0 Å². The second-order valence-corrected chi connectivity index (χ2v) is 12.9. The van der Waals surface area contributed by atoms with Crippen molar-refractivity contribution in [2.45, 2.75) is 48.4 Å². The minimum absolute atomic E-state index is 0.0405. The molecule has 0 spiro atoms. The average molecular weight is 578 g/mol. The van der Waals surface area contributed by atoms with Crippen molar-refractivity contribution < 1.29 is 27.5 Å². The fourth-order valence-electron chi connectivity index (χ4n) is 5.63. The zero-order valence-electron chi connectivity index (χ0n) is 23.4. The van der Waals surface area contributed by atoms with Crippen molar-refractivity contribution >= 4 is 27.3 Å². The molecule has 2 amide bonds. The Bertz CT molecular complexity index is 1570. The molecule has 1 heterocycles. The molecule has 1 saturated carbocycles. The fourth-order valence-corrected chi connectivity index (χ4v) is 7.53. The lowest BCUT2D eigenvalue weighted by Crippen LogP contribution is -2.39. The molecule has 1 aliphatic carbocycles. The molecule has 0 bridgehead atoms. The minimum Gasteiger partial charge on any atom is -0.493 e. The van der Waals surface area contributed by atoms with Gasteiger partial charge in [0.25, 0.3) is 0 Å². The monoisotopic (exact) mass is 577 g/mol. The molecule has 9 nitrogen and oxygen atoms in total. The highest BCUT2D eigenvalue weighted by Gasteiger charge is 2.44. The number of benzene rings is 3. The van der Waals surface area contributed by atoms with Crippen LogP contribution >= 0.6 is 0 Å². The predicted octanol–water partition coefficient (Wildman–Crippen LogP) is 4.50. The van der Waals surface area contributed by atoms with Crippen LogP contribution in [0, 0.1) is 5.92 Å². The number of methoxy groups -OCH3 is 2. The summed E-state index contributed by atoms with van der Waals surface area (Å²) in [5.41, 5.74) is 7.62. The summed E-state index contributed by atoms with van der Waals surface area (Å²) >= 11 is 0. The maximum absolute atomic E-state index is 14.5. The van der Waals surface area contributed by atoms with Crippen LogP contribution in [0.4, 0.5) is 5.69 Å². The molecule has 2 aliphatic rings. The molecule has 10 heteroatoms. The van der Waals surface area contributed by atoms with Gasteiger partial charge < -0.3 is 25.4 Å². The van der Waals surface area contributed by atoms with Crippen LogP contribution in [0.5, 0.6) is 11.5 Å². The first kappa shape index (κ1) is 28.5. The summed E-state index contributed by atoms with van der Waals surface area (Å²) in [4.78, 5) is 28.4. The van der Waals surface area contributed by atoms with Crippen molar-refractivity contribution in [3.05, 3.63) is 83.4 Å². The van der Waals surface area contributed by atoms with Crippen LogP contribution in [0.25, 0.3) is 0 Å². The Morgan fingerprint density at radius 1 is 0.951 bits per heavy atom. The zero-order chi connectivity index (χ0) is 29.3. The maximum atomic E-state index is 14.5. The molecule has 1 aliphatic heterocycles. The topological polar surface area (TPSA) is 128 Å². The Hall–Kier alpha value is -4.05. The molecule has 1 unspecified atom stereocenters. The van der Waals surface area contributed by atoms with Crippen LogP contribution < -0.4 is 20.5 Å². The van der Waals surface area contributed by atoms with Gasteiger partial charge >= 0.3 is 0 Å². The highest BCUT2D eigenvalue weighted by atomic mass is 32.2. The van der Waals surface area contributed by atoms with Gasteiger partial charge in [-0.05, 0) is 72.7 Å². The number of nitrogens with zero attached hydrogens (tertiary/aromatic N) is 1. The average Bonchev–Trinajstić information content (AvgIpc) is 3.78. The molecule has 5 rings (SSSR count). The van der Waals surface area contributed by atoms with Crippen LogP contribution in [0.3, 0.4) is 0 Å². The van der Waals surface area contributed by atoms with E-state index in [9.17, 15) is 18.0 Å². The Morgan fingerprint density at radius 3 is 2.37 bits per heavy atom. The van der Waals surface area contributed by atoms with Crippen LogP contribution in [0.2, 0.25) is 0 Å². The molecular formula is C31H35N3O6S. The normalized spacial score (nSPS) is 19.4. The van der Waals surface area contributed by atoms with Crippen molar-refractivity contribution in [1.29, 1.82) is 0 Å². The zero-order valence-corrected chi connectivity index (χ0v) is 24.2. The van der Waals surface area contributed by atoms with E-state index in [1.165, 1.54) is 14.2 Å². The number of rotatable bonds is 10. The molecule has 3 aromatic rings. The van der Waals surface area contributed by atoms with E-state index >= 15 is 0 Å².